The predicted octanol–water partition coefficient (Wildman–Crippen LogP) is 5.36. The Morgan fingerprint density at radius 2 is 1.49 bits per heavy atom. The molecule has 0 aliphatic rings. The molecule has 0 bridgehead atoms. The van der Waals surface area contributed by atoms with Crippen molar-refractivity contribution in [3.63, 3.8) is 0 Å². The Labute approximate surface area is 203 Å². The zero-order valence-corrected chi connectivity index (χ0v) is 19.8. The molecule has 4 rings (SSSR count). The average Bonchev–Trinajstić information content (AvgIpc) is 3.39. The quantitative estimate of drug-likeness (QED) is 0.332. The molecule has 0 saturated carbocycles. The highest BCUT2D eigenvalue weighted by Gasteiger charge is 2.12. The topological polar surface area (TPSA) is 82.8 Å². The van der Waals surface area contributed by atoms with E-state index in [1.807, 2.05) is 48.5 Å². The van der Waals surface area contributed by atoms with Crippen molar-refractivity contribution in [3.8, 4) is 39.7 Å². The van der Waals surface area contributed by atoms with Crippen molar-refractivity contribution in [2.75, 3.05) is 21.3 Å². The van der Waals surface area contributed by atoms with E-state index in [-0.39, 0.29) is 12.5 Å². The van der Waals surface area contributed by atoms with Crippen LogP contribution in [0.4, 0.5) is 0 Å². The summed E-state index contributed by atoms with van der Waals surface area (Å²) in [5, 5.41) is 6.88. The number of carbonyl (C=O) groups is 1. The van der Waals surface area contributed by atoms with Gasteiger partial charge in [-0.25, -0.2) is 0 Å². The number of hydrogen-bond acceptors (Lipinski definition) is 6. The van der Waals surface area contributed by atoms with Crippen molar-refractivity contribution in [2.45, 2.75) is 6.54 Å². The Bertz CT molecular complexity index is 1290. The molecule has 0 radical (unpaired) electrons. The molecule has 35 heavy (non-hydrogen) atoms. The van der Waals surface area contributed by atoms with E-state index in [0.29, 0.717) is 28.7 Å². The summed E-state index contributed by atoms with van der Waals surface area (Å²) in [5.74, 6) is 1.89. The van der Waals surface area contributed by atoms with Crippen molar-refractivity contribution in [1.82, 2.24) is 10.5 Å². The number of methoxy groups -OCH3 is 3. The summed E-state index contributed by atoms with van der Waals surface area (Å²) in [6, 6.07) is 23.6. The summed E-state index contributed by atoms with van der Waals surface area (Å²) in [4.78, 5) is 12.3. The standard InChI is InChI=1S/C28H26N2O5/c1-32-25-15-19(16-26(33-2)28(25)34-3)9-14-27(31)29-18-23-17-24(35-30-23)22-12-10-21(11-13-22)20-7-5-4-6-8-20/h4-17H,18H2,1-3H3,(H,29,31)/b14-9-. The molecular weight excluding hydrogens is 444 g/mol. The normalized spacial score (nSPS) is 10.8. The number of amides is 1. The fourth-order valence-electron chi connectivity index (χ4n) is 3.59. The third kappa shape index (κ3) is 5.70. The number of rotatable bonds is 9. The number of aromatic nitrogens is 1. The van der Waals surface area contributed by atoms with E-state index in [9.17, 15) is 4.79 Å². The van der Waals surface area contributed by atoms with Crippen LogP contribution in [0.2, 0.25) is 0 Å². The first-order valence-electron chi connectivity index (χ1n) is 11.0. The molecule has 7 heteroatoms. The van der Waals surface area contributed by atoms with Crippen LogP contribution in [0.25, 0.3) is 28.5 Å². The molecule has 0 spiro atoms. The fourth-order valence-corrected chi connectivity index (χ4v) is 3.59. The summed E-state index contributed by atoms with van der Waals surface area (Å²) < 4.78 is 21.5. The number of ether oxygens (including phenoxy) is 3. The van der Waals surface area contributed by atoms with Crippen molar-refractivity contribution >= 4 is 12.0 Å². The highest BCUT2D eigenvalue weighted by atomic mass is 16.5. The second-order valence-corrected chi connectivity index (χ2v) is 7.64. The Morgan fingerprint density at radius 1 is 0.857 bits per heavy atom. The van der Waals surface area contributed by atoms with Crippen LogP contribution < -0.4 is 19.5 Å². The number of nitrogens with one attached hydrogen (secondary N) is 1. The minimum Gasteiger partial charge on any atom is -0.493 e. The SMILES string of the molecule is COc1cc(/C=C\C(=O)NCc2cc(-c3ccc(-c4ccccc4)cc3)on2)cc(OC)c1OC. The lowest BCUT2D eigenvalue weighted by molar-refractivity contribution is -0.116. The van der Waals surface area contributed by atoms with Crippen LogP contribution in [0.15, 0.2) is 83.4 Å². The Kier molecular flexibility index (Phi) is 7.47. The lowest BCUT2D eigenvalue weighted by Crippen LogP contribution is -2.20. The molecule has 0 aliphatic carbocycles. The number of carbonyl (C=O) groups excluding carboxylic acids is 1. The molecule has 1 aromatic heterocycles. The van der Waals surface area contributed by atoms with Gasteiger partial charge in [0.25, 0.3) is 0 Å². The van der Waals surface area contributed by atoms with Gasteiger partial charge in [0.1, 0.15) is 5.69 Å². The lowest BCUT2D eigenvalue weighted by Gasteiger charge is -2.12. The molecule has 0 fully saturated rings. The van der Waals surface area contributed by atoms with E-state index in [2.05, 4.69) is 22.6 Å². The van der Waals surface area contributed by atoms with Gasteiger partial charge in [-0.15, -0.1) is 0 Å². The van der Waals surface area contributed by atoms with Gasteiger partial charge < -0.3 is 24.1 Å². The first-order chi connectivity index (χ1) is 17.1. The molecule has 1 amide bonds. The Hall–Kier alpha value is -4.52. The maximum atomic E-state index is 12.3. The van der Waals surface area contributed by atoms with Crippen molar-refractivity contribution in [1.29, 1.82) is 0 Å². The van der Waals surface area contributed by atoms with Gasteiger partial charge in [-0.2, -0.15) is 0 Å². The van der Waals surface area contributed by atoms with E-state index >= 15 is 0 Å². The molecule has 0 saturated heterocycles. The number of hydrogen-bond donors (Lipinski definition) is 1. The molecule has 0 atom stereocenters. The minimum absolute atomic E-state index is 0.240. The predicted molar refractivity (Wildman–Crippen MR) is 134 cm³/mol. The van der Waals surface area contributed by atoms with Gasteiger partial charge in [0.05, 0.1) is 27.9 Å². The fraction of sp³-hybridized carbons (Fsp3) is 0.143. The molecule has 0 unspecified atom stereocenters. The van der Waals surface area contributed by atoms with Crippen molar-refractivity contribution in [3.05, 3.63) is 90.1 Å². The molecule has 1 N–H and O–H groups in total. The zero-order valence-electron chi connectivity index (χ0n) is 19.8. The van der Waals surface area contributed by atoms with Crippen LogP contribution in [-0.2, 0) is 11.3 Å². The van der Waals surface area contributed by atoms with Crippen LogP contribution in [0.5, 0.6) is 17.2 Å². The number of nitrogens with zero attached hydrogens (tertiary/aromatic N) is 1. The third-order valence-corrected chi connectivity index (χ3v) is 5.39. The maximum absolute atomic E-state index is 12.3. The highest BCUT2D eigenvalue weighted by Crippen LogP contribution is 2.38. The number of benzene rings is 3. The van der Waals surface area contributed by atoms with Gasteiger partial charge in [0, 0.05) is 17.7 Å². The van der Waals surface area contributed by atoms with Gasteiger partial charge in [0.2, 0.25) is 11.7 Å². The average molecular weight is 471 g/mol. The van der Waals surface area contributed by atoms with Crippen LogP contribution in [0.1, 0.15) is 11.3 Å². The largest absolute Gasteiger partial charge is 0.493 e. The smallest absolute Gasteiger partial charge is 0.244 e. The molecule has 4 aromatic rings. The molecule has 1 heterocycles. The van der Waals surface area contributed by atoms with E-state index in [1.54, 1.807) is 39.5 Å². The van der Waals surface area contributed by atoms with Gasteiger partial charge in [0.15, 0.2) is 17.3 Å². The Balaban J connectivity index is 1.37. The molecular formula is C28H26N2O5. The van der Waals surface area contributed by atoms with Crippen LogP contribution in [0.3, 0.4) is 0 Å². The third-order valence-electron chi connectivity index (χ3n) is 5.39. The summed E-state index contributed by atoms with van der Waals surface area (Å²) in [7, 11) is 4.63. The van der Waals surface area contributed by atoms with E-state index in [4.69, 9.17) is 18.7 Å². The Morgan fingerprint density at radius 3 is 2.11 bits per heavy atom. The van der Waals surface area contributed by atoms with Crippen molar-refractivity contribution in [2.24, 2.45) is 0 Å². The van der Waals surface area contributed by atoms with E-state index < -0.39 is 0 Å². The first kappa shape index (κ1) is 23.6. The van der Waals surface area contributed by atoms with E-state index in [0.717, 1.165) is 22.3 Å². The van der Waals surface area contributed by atoms with E-state index in [1.165, 1.54) is 6.08 Å². The second kappa shape index (κ2) is 11.1. The van der Waals surface area contributed by atoms with Gasteiger partial charge in [-0.05, 0) is 34.9 Å². The maximum Gasteiger partial charge on any atom is 0.244 e. The highest BCUT2D eigenvalue weighted by molar-refractivity contribution is 5.91. The van der Waals surface area contributed by atoms with Crippen LogP contribution in [0, 0.1) is 0 Å². The van der Waals surface area contributed by atoms with Crippen LogP contribution >= 0.6 is 0 Å². The molecule has 178 valence electrons. The molecule has 7 nitrogen and oxygen atoms in total. The summed E-state index contributed by atoms with van der Waals surface area (Å²) in [6.07, 6.45) is 3.10. The van der Waals surface area contributed by atoms with Crippen LogP contribution in [-0.4, -0.2) is 32.4 Å². The van der Waals surface area contributed by atoms with Crippen molar-refractivity contribution < 1.29 is 23.5 Å². The van der Waals surface area contributed by atoms with Gasteiger partial charge in [-0.3, -0.25) is 4.79 Å². The van der Waals surface area contributed by atoms with Gasteiger partial charge >= 0.3 is 0 Å². The lowest BCUT2D eigenvalue weighted by atomic mass is 10.0. The monoisotopic (exact) mass is 470 g/mol. The summed E-state index contributed by atoms with van der Waals surface area (Å²) in [5.41, 5.74) is 4.55. The molecule has 3 aromatic carbocycles. The zero-order chi connectivity index (χ0) is 24.6. The minimum atomic E-state index is -0.268. The molecule has 0 aliphatic heterocycles. The summed E-state index contributed by atoms with van der Waals surface area (Å²) >= 11 is 0. The second-order valence-electron chi connectivity index (χ2n) is 7.64. The first-order valence-corrected chi connectivity index (χ1v) is 11.0. The van der Waals surface area contributed by atoms with Gasteiger partial charge in [-0.1, -0.05) is 59.8 Å². The summed E-state index contributed by atoms with van der Waals surface area (Å²) in [6.45, 7) is 0.240.